The summed E-state index contributed by atoms with van der Waals surface area (Å²) >= 11 is 0. The molecule has 5 rings (SSSR count). The first-order chi connectivity index (χ1) is 12.2. The number of imidazole rings is 1. The predicted octanol–water partition coefficient (Wildman–Crippen LogP) is 3.22. The van der Waals surface area contributed by atoms with E-state index in [1.807, 2.05) is 47.0 Å². The normalized spacial score (nSPS) is 12.4. The second kappa shape index (κ2) is 4.80. The number of methoxy groups -OCH3 is 1. The number of nitrogens with one attached hydrogen (secondary N) is 1. The van der Waals surface area contributed by atoms with E-state index in [-0.39, 0.29) is 5.75 Å². The van der Waals surface area contributed by atoms with Crippen molar-refractivity contribution in [2.45, 2.75) is 6.42 Å². The lowest BCUT2D eigenvalue weighted by molar-refractivity contribution is 0.414. The van der Waals surface area contributed by atoms with E-state index in [1.54, 1.807) is 7.11 Å². The average Bonchev–Trinajstić information content (AvgIpc) is 3.27. The Morgan fingerprint density at radius 1 is 1.24 bits per heavy atom. The number of nitrogen functional groups attached to an aromatic ring is 1. The molecule has 0 bridgehead atoms. The van der Waals surface area contributed by atoms with Crippen LogP contribution >= 0.6 is 0 Å². The van der Waals surface area contributed by atoms with Crippen LogP contribution in [0.1, 0.15) is 11.3 Å². The summed E-state index contributed by atoms with van der Waals surface area (Å²) in [7, 11) is 1.64. The number of H-pyrrole nitrogens is 1. The van der Waals surface area contributed by atoms with E-state index in [4.69, 9.17) is 10.5 Å². The van der Waals surface area contributed by atoms with Crippen molar-refractivity contribution in [2.75, 3.05) is 12.8 Å². The Morgan fingerprint density at radius 3 is 2.88 bits per heavy atom. The molecule has 4 aromatic rings. The number of hydrogen-bond donors (Lipinski definition) is 3. The van der Waals surface area contributed by atoms with Crippen LogP contribution in [-0.4, -0.2) is 26.8 Å². The molecule has 2 aromatic carbocycles. The monoisotopic (exact) mass is 332 g/mol. The summed E-state index contributed by atoms with van der Waals surface area (Å²) in [6.45, 7) is 0. The van der Waals surface area contributed by atoms with Crippen LogP contribution in [0.15, 0.2) is 42.5 Å². The van der Waals surface area contributed by atoms with Crippen molar-refractivity contribution in [2.24, 2.45) is 0 Å². The number of para-hydroxylation sites is 2. The van der Waals surface area contributed by atoms with Gasteiger partial charge in [-0.3, -0.25) is 4.57 Å². The lowest BCUT2D eigenvalue weighted by atomic mass is 10.1. The molecule has 3 heterocycles. The third-order valence-electron chi connectivity index (χ3n) is 4.79. The molecule has 0 radical (unpaired) electrons. The molecular weight excluding hydrogens is 316 g/mol. The fourth-order valence-electron chi connectivity index (χ4n) is 3.60. The molecule has 25 heavy (non-hydrogen) atoms. The van der Waals surface area contributed by atoms with Gasteiger partial charge in [0.05, 0.1) is 29.5 Å². The van der Waals surface area contributed by atoms with Crippen molar-refractivity contribution in [3.8, 4) is 28.6 Å². The Kier molecular flexibility index (Phi) is 2.68. The first kappa shape index (κ1) is 14.0. The zero-order valence-electron chi connectivity index (χ0n) is 13.6. The van der Waals surface area contributed by atoms with Crippen molar-refractivity contribution in [3.05, 3.63) is 53.7 Å². The average molecular weight is 332 g/mol. The van der Waals surface area contributed by atoms with Crippen LogP contribution in [0.25, 0.3) is 28.1 Å². The van der Waals surface area contributed by atoms with E-state index in [9.17, 15) is 5.11 Å². The number of nitrogens with zero attached hydrogens (tertiary/aromatic N) is 2. The minimum atomic E-state index is 0.173. The maximum absolute atomic E-state index is 10.8. The lowest BCUT2D eigenvalue weighted by Crippen LogP contribution is -2.00. The molecule has 2 aromatic heterocycles. The number of benzene rings is 2. The maximum atomic E-state index is 10.8. The highest BCUT2D eigenvalue weighted by Crippen LogP contribution is 2.46. The topological polar surface area (TPSA) is 89.1 Å². The van der Waals surface area contributed by atoms with E-state index < -0.39 is 0 Å². The van der Waals surface area contributed by atoms with Crippen LogP contribution in [0.2, 0.25) is 0 Å². The van der Waals surface area contributed by atoms with Gasteiger partial charge in [-0.2, -0.15) is 0 Å². The molecule has 0 fully saturated rings. The Balaban J connectivity index is 1.72. The van der Waals surface area contributed by atoms with Crippen molar-refractivity contribution in [3.63, 3.8) is 0 Å². The maximum Gasteiger partial charge on any atom is 0.150 e. The van der Waals surface area contributed by atoms with Gasteiger partial charge in [-0.1, -0.05) is 12.1 Å². The number of aromatic hydroxyl groups is 1. The lowest BCUT2D eigenvalue weighted by Gasteiger charge is -2.07. The molecular formula is C19H16N4O2. The van der Waals surface area contributed by atoms with Crippen LogP contribution in [0.3, 0.4) is 0 Å². The summed E-state index contributed by atoms with van der Waals surface area (Å²) in [5.74, 6) is 2.02. The van der Waals surface area contributed by atoms with Crippen molar-refractivity contribution < 1.29 is 9.84 Å². The van der Waals surface area contributed by atoms with Gasteiger partial charge in [0.1, 0.15) is 28.7 Å². The molecule has 0 spiro atoms. The SMILES string of the molecule is COc1ccc2c(c1)Cc1c(O)c(-c3nc4ccccc4[nH]3)c(N)n1-2. The summed E-state index contributed by atoms with van der Waals surface area (Å²) in [5.41, 5.74) is 11.5. The molecule has 1 aliphatic heterocycles. The number of hydrogen-bond acceptors (Lipinski definition) is 4. The number of aromatic nitrogens is 3. The van der Waals surface area contributed by atoms with Gasteiger partial charge < -0.3 is 20.6 Å². The van der Waals surface area contributed by atoms with Gasteiger partial charge in [0.2, 0.25) is 0 Å². The summed E-state index contributed by atoms with van der Waals surface area (Å²) in [6.07, 6.45) is 0.600. The Bertz CT molecular complexity index is 1110. The summed E-state index contributed by atoms with van der Waals surface area (Å²) in [6, 6.07) is 13.6. The molecule has 0 saturated heterocycles. The van der Waals surface area contributed by atoms with E-state index in [2.05, 4.69) is 9.97 Å². The fraction of sp³-hybridized carbons (Fsp3) is 0.105. The number of rotatable bonds is 2. The Hall–Kier alpha value is -3.41. The Labute approximate surface area is 143 Å². The first-order valence-corrected chi connectivity index (χ1v) is 8.02. The van der Waals surface area contributed by atoms with Crippen molar-refractivity contribution in [1.82, 2.24) is 14.5 Å². The molecule has 0 atom stereocenters. The molecule has 0 amide bonds. The van der Waals surface area contributed by atoms with Gasteiger partial charge in [-0.25, -0.2) is 4.98 Å². The van der Waals surface area contributed by atoms with E-state index in [0.29, 0.717) is 23.6 Å². The molecule has 0 unspecified atom stereocenters. The second-order valence-corrected chi connectivity index (χ2v) is 6.16. The number of anilines is 1. The molecule has 124 valence electrons. The second-order valence-electron chi connectivity index (χ2n) is 6.16. The van der Waals surface area contributed by atoms with Gasteiger partial charge in [-0.05, 0) is 35.9 Å². The minimum Gasteiger partial charge on any atom is -0.505 e. The van der Waals surface area contributed by atoms with Crippen LogP contribution in [-0.2, 0) is 6.42 Å². The zero-order chi connectivity index (χ0) is 17.1. The van der Waals surface area contributed by atoms with Crippen LogP contribution < -0.4 is 10.5 Å². The molecule has 6 nitrogen and oxygen atoms in total. The van der Waals surface area contributed by atoms with E-state index >= 15 is 0 Å². The smallest absolute Gasteiger partial charge is 0.150 e. The summed E-state index contributed by atoms with van der Waals surface area (Å²) in [5, 5.41) is 10.8. The van der Waals surface area contributed by atoms with Gasteiger partial charge in [-0.15, -0.1) is 0 Å². The summed E-state index contributed by atoms with van der Waals surface area (Å²) in [4.78, 5) is 7.81. The first-order valence-electron chi connectivity index (χ1n) is 8.02. The molecule has 0 aliphatic carbocycles. The fourth-order valence-corrected chi connectivity index (χ4v) is 3.60. The standard InChI is InChI=1S/C19H16N4O2/c1-25-11-6-7-14-10(8-11)9-15-17(24)16(18(20)23(14)15)19-21-12-4-2-3-5-13(12)22-19/h2-8,24H,9,20H2,1H3,(H,21,22). The van der Waals surface area contributed by atoms with E-state index in [0.717, 1.165) is 33.7 Å². The van der Waals surface area contributed by atoms with Crippen LogP contribution in [0.5, 0.6) is 11.5 Å². The largest absolute Gasteiger partial charge is 0.505 e. The van der Waals surface area contributed by atoms with Crippen molar-refractivity contribution >= 4 is 16.9 Å². The van der Waals surface area contributed by atoms with Gasteiger partial charge in [0, 0.05) is 6.42 Å². The quantitative estimate of drug-likeness (QED) is 0.463. The highest BCUT2D eigenvalue weighted by molar-refractivity contribution is 5.87. The minimum absolute atomic E-state index is 0.173. The van der Waals surface area contributed by atoms with Crippen LogP contribution in [0.4, 0.5) is 5.82 Å². The highest BCUT2D eigenvalue weighted by Gasteiger charge is 2.30. The summed E-state index contributed by atoms with van der Waals surface area (Å²) < 4.78 is 7.18. The number of nitrogens with two attached hydrogens (primary N) is 1. The van der Waals surface area contributed by atoms with Crippen molar-refractivity contribution in [1.29, 1.82) is 0 Å². The van der Waals surface area contributed by atoms with Gasteiger partial charge in [0.25, 0.3) is 0 Å². The zero-order valence-corrected chi connectivity index (χ0v) is 13.6. The Morgan fingerprint density at radius 2 is 2.08 bits per heavy atom. The third-order valence-corrected chi connectivity index (χ3v) is 4.79. The van der Waals surface area contributed by atoms with Gasteiger partial charge in [0.15, 0.2) is 0 Å². The van der Waals surface area contributed by atoms with Crippen LogP contribution in [0, 0.1) is 0 Å². The number of ether oxygens (including phenoxy) is 1. The number of aromatic amines is 1. The number of fused-ring (bicyclic) bond motifs is 4. The van der Waals surface area contributed by atoms with E-state index in [1.165, 1.54) is 0 Å². The predicted molar refractivity (Wildman–Crippen MR) is 96.3 cm³/mol. The molecule has 1 aliphatic rings. The highest BCUT2D eigenvalue weighted by atomic mass is 16.5. The third kappa shape index (κ3) is 1.82. The molecule has 4 N–H and O–H groups in total. The molecule has 0 saturated carbocycles. The van der Waals surface area contributed by atoms with Gasteiger partial charge >= 0.3 is 0 Å². The molecule has 6 heteroatoms.